The maximum atomic E-state index is 12.5. The number of thioether (sulfide) groups is 1. The lowest BCUT2D eigenvalue weighted by Gasteiger charge is -2.28. The molecule has 0 radical (unpaired) electrons. The number of amides is 1. The SMILES string of the molecule is COc1ccc(C2SCC(C(=O)O)N2C(=O)CC(C)C)cc1. The van der Waals surface area contributed by atoms with E-state index in [4.69, 9.17) is 4.74 Å². The highest BCUT2D eigenvalue weighted by Crippen LogP contribution is 2.42. The molecule has 1 aromatic rings. The third kappa shape index (κ3) is 3.55. The van der Waals surface area contributed by atoms with Gasteiger partial charge in [0.25, 0.3) is 0 Å². The second kappa shape index (κ2) is 7.05. The standard InChI is InChI=1S/C16H21NO4S/c1-10(2)8-14(18)17-13(16(19)20)9-22-15(17)11-4-6-12(21-3)7-5-11/h4-7,10,13,15H,8-9H2,1-3H3,(H,19,20). The molecule has 1 N–H and O–H groups in total. The van der Waals surface area contributed by atoms with Crippen molar-refractivity contribution < 1.29 is 19.4 Å². The Kier molecular flexibility index (Phi) is 5.34. The lowest BCUT2D eigenvalue weighted by molar-refractivity contribution is -0.149. The zero-order chi connectivity index (χ0) is 16.3. The highest BCUT2D eigenvalue weighted by atomic mass is 32.2. The number of carboxylic acid groups (broad SMARTS) is 1. The van der Waals surface area contributed by atoms with E-state index in [1.807, 2.05) is 38.1 Å². The summed E-state index contributed by atoms with van der Waals surface area (Å²) in [5.74, 6) is 0.301. The highest BCUT2D eigenvalue weighted by molar-refractivity contribution is 7.99. The summed E-state index contributed by atoms with van der Waals surface area (Å²) in [6.45, 7) is 3.92. The number of benzene rings is 1. The number of hydrogen-bond acceptors (Lipinski definition) is 4. The second-order valence-corrected chi connectivity index (χ2v) is 6.83. The first kappa shape index (κ1) is 16.7. The van der Waals surface area contributed by atoms with Crippen LogP contribution >= 0.6 is 11.8 Å². The van der Waals surface area contributed by atoms with Gasteiger partial charge >= 0.3 is 5.97 Å². The first-order valence-electron chi connectivity index (χ1n) is 7.23. The fraction of sp³-hybridized carbons (Fsp3) is 0.500. The van der Waals surface area contributed by atoms with Crippen LogP contribution in [0.4, 0.5) is 0 Å². The predicted octanol–water partition coefficient (Wildman–Crippen LogP) is 2.77. The predicted molar refractivity (Wildman–Crippen MR) is 85.9 cm³/mol. The molecule has 1 fully saturated rings. The van der Waals surface area contributed by atoms with E-state index in [-0.39, 0.29) is 17.2 Å². The molecule has 0 saturated carbocycles. The van der Waals surface area contributed by atoms with Crippen molar-refractivity contribution in [1.29, 1.82) is 0 Å². The van der Waals surface area contributed by atoms with Crippen molar-refractivity contribution in [2.45, 2.75) is 31.7 Å². The Balaban J connectivity index is 2.27. The van der Waals surface area contributed by atoms with Crippen molar-refractivity contribution in [3.05, 3.63) is 29.8 Å². The Morgan fingerprint density at radius 3 is 2.50 bits per heavy atom. The van der Waals surface area contributed by atoms with Gasteiger partial charge in [0, 0.05) is 12.2 Å². The first-order chi connectivity index (χ1) is 10.4. The molecular weight excluding hydrogens is 302 g/mol. The van der Waals surface area contributed by atoms with Crippen LogP contribution < -0.4 is 4.74 Å². The quantitative estimate of drug-likeness (QED) is 0.902. The molecule has 0 aromatic heterocycles. The third-order valence-corrected chi connectivity index (χ3v) is 4.88. The molecule has 6 heteroatoms. The van der Waals surface area contributed by atoms with Crippen LogP contribution in [-0.2, 0) is 9.59 Å². The lowest BCUT2D eigenvalue weighted by atomic mass is 10.1. The van der Waals surface area contributed by atoms with Gasteiger partial charge in [-0.3, -0.25) is 4.79 Å². The number of rotatable bonds is 5. The van der Waals surface area contributed by atoms with Crippen LogP contribution in [0.2, 0.25) is 0 Å². The topological polar surface area (TPSA) is 66.8 Å². The number of ether oxygens (including phenoxy) is 1. The molecule has 120 valence electrons. The number of carbonyl (C=O) groups is 2. The summed E-state index contributed by atoms with van der Waals surface area (Å²) in [4.78, 5) is 25.5. The van der Waals surface area contributed by atoms with Crippen LogP contribution in [0, 0.1) is 5.92 Å². The maximum absolute atomic E-state index is 12.5. The molecule has 1 heterocycles. The van der Waals surface area contributed by atoms with Crippen molar-refractivity contribution in [2.75, 3.05) is 12.9 Å². The minimum absolute atomic E-state index is 0.104. The maximum Gasteiger partial charge on any atom is 0.327 e. The molecule has 1 aliphatic rings. The van der Waals surface area contributed by atoms with E-state index in [2.05, 4.69) is 0 Å². The smallest absolute Gasteiger partial charge is 0.327 e. The third-order valence-electron chi connectivity index (χ3n) is 3.56. The number of aliphatic carboxylic acids is 1. The van der Waals surface area contributed by atoms with E-state index >= 15 is 0 Å². The molecular formula is C16H21NO4S. The van der Waals surface area contributed by atoms with E-state index < -0.39 is 12.0 Å². The van der Waals surface area contributed by atoms with Crippen LogP contribution in [-0.4, -0.2) is 40.8 Å². The van der Waals surface area contributed by atoms with Gasteiger partial charge < -0.3 is 14.7 Å². The summed E-state index contributed by atoms with van der Waals surface area (Å²) in [6.07, 6.45) is 0.358. The van der Waals surface area contributed by atoms with Crippen LogP contribution in [0.1, 0.15) is 31.2 Å². The van der Waals surface area contributed by atoms with Crippen LogP contribution in [0.15, 0.2) is 24.3 Å². The number of methoxy groups -OCH3 is 1. The fourth-order valence-electron chi connectivity index (χ4n) is 2.48. The molecule has 0 aliphatic carbocycles. The molecule has 0 spiro atoms. The molecule has 5 nitrogen and oxygen atoms in total. The molecule has 1 amide bonds. The van der Waals surface area contributed by atoms with Crippen molar-refractivity contribution in [3.8, 4) is 5.75 Å². The molecule has 22 heavy (non-hydrogen) atoms. The monoisotopic (exact) mass is 323 g/mol. The van der Waals surface area contributed by atoms with Crippen LogP contribution in [0.3, 0.4) is 0 Å². The first-order valence-corrected chi connectivity index (χ1v) is 8.28. The number of nitrogens with zero attached hydrogens (tertiary/aromatic N) is 1. The van der Waals surface area contributed by atoms with Gasteiger partial charge in [0.15, 0.2) is 0 Å². The highest BCUT2D eigenvalue weighted by Gasteiger charge is 2.42. The Labute approximate surface area is 134 Å². The number of carboxylic acids is 1. The zero-order valence-corrected chi connectivity index (χ0v) is 13.8. The molecule has 1 aliphatic heterocycles. The van der Waals surface area contributed by atoms with Gasteiger partial charge in [0.2, 0.25) is 5.91 Å². The summed E-state index contributed by atoms with van der Waals surface area (Å²) < 4.78 is 5.14. The van der Waals surface area contributed by atoms with Crippen molar-refractivity contribution in [1.82, 2.24) is 4.90 Å². The zero-order valence-electron chi connectivity index (χ0n) is 13.0. The van der Waals surface area contributed by atoms with Gasteiger partial charge in [-0.15, -0.1) is 11.8 Å². The Morgan fingerprint density at radius 2 is 2.00 bits per heavy atom. The van der Waals surface area contributed by atoms with Crippen LogP contribution in [0.25, 0.3) is 0 Å². The van der Waals surface area contributed by atoms with Crippen molar-refractivity contribution in [2.24, 2.45) is 5.92 Å². The molecule has 2 atom stereocenters. The minimum atomic E-state index is -0.944. The van der Waals surface area contributed by atoms with Gasteiger partial charge in [0.1, 0.15) is 17.2 Å². The summed E-state index contributed by atoms with van der Waals surface area (Å²) in [7, 11) is 1.60. The van der Waals surface area contributed by atoms with E-state index in [1.54, 1.807) is 7.11 Å². The van der Waals surface area contributed by atoms with Gasteiger partial charge in [0.05, 0.1) is 7.11 Å². The molecule has 1 aromatic carbocycles. The van der Waals surface area contributed by atoms with E-state index in [9.17, 15) is 14.7 Å². The fourth-order valence-corrected chi connectivity index (χ4v) is 3.92. The average molecular weight is 323 g/mol. The Hall–Kier alpha value is -1.69. The average Bonchev–Trinajstić information content (AvgIpc) is 2.91. The van der Waals surface area contributed by atoms with Crippen molar-refractivity contribution >= 4 is 23.6 Å². The lowest BCUT2D eigenvalue weighted by Crippen LogP contribution is -2.43. The number of carbonyl (C=O) groups excluding carboxylic acids is 1. The van der Waals surface area contributed by atoms with E-state index in [0.717, 1.165) is 11.3 Å². The normalized spacial score (nSPS) is 21.2. The molecule has 2 unspecified atom stereocenters. The van der Waals surface area contributed by atoms with Gasteiger partial charge in [-0.25, -0.2) is 4.79 Å². The summed E-state index contributed by atoms with van der Waals surface area (Å²) in [5, 5.41) is 9.13. The molecule has 0 bridgehead atoms. The summed E-state index contributed by atoms with van der Waals surface area (Å²) in [5.41, 5.74) is 0.923. The van der Waals surface area contributed by atoms with Gasteiger partial charge in [-0.2, -0.15) is 0 Å². The number of hydrogen-bond donors (Lipinski definition) is 1. The second-order valence-electron chi connectivity index (χ2n) is 5.71. The van der Waals surface area contributed by atoms with Crippen molar-refractivity contribution in [3.63, 3.8) is 0 Å². The van der Waals surface area contributed by atoms with E-state index in [0.29, 0.717) is 12.2 Å². The largest absolute Gasteiger partial charge is 0.497 e. The van der Waals surface area contributed by atoms with E-state index in [1.165, 1.54) is 16.7 Å². The minimum Gasteiger partial charge on any atom is -0.497 e. The Bertz CT molecular complexity index is 544. The molecule has 1 saturated heterocycles. The van der Waals surface area contributed by atoms with Crippen LogP contribution in [0.5, 0.6) is 5.75 Å². The van der Waals surface area contributed by atoms with Gasteiger partial charge in [-0.1, -0.05) is 26.0 Å². The molecule has 2 rings (SSSR count). The summed E-state index contributed by atoms with van der Waals surface area (Å²) >= 11 is 1.49. The van der Waals surface area contributed by atoms with Gasteiger partial charge in [-0.05, 0) is 23.6 Å². The Morgan fingerprint density at radius 1 is 1.36 bits per heavy atom. The summed E-state index contributed by atoms with van der Waals surface area (Å²) in [6, 6.07) is 6.67.